The lowest BCUT2D eigenvalue weighted by Crippen LogP contribution is -2.57. The molecule has 4 rings (SSSR count). The zero-order chi connectivity index (χ0) is 11.4. The highest BCUT2D eigenvalue weighted by Gasteiger charge is 2.58. The van der Waals surface area contributed by atoms with Crippen LogP contribution in [-0.2, 0) is 0 Å². The van der Waals surface area contributed by atoms with E-state index in [0.717, 1.165) is 23.3 Å². The lowest BCUT2D eigenvalue weighted by Gasteiger charge is -2.64. The summed E-state index contributed by atoms with van der Waals surface area (Å²) in [5.74, 6) is 2.13. The van der Waals surface area contributed by atoms with E-state index in [0.29, 0.717) is 5.41 Å². The van der Waals surface area contributed by atoms with Crippen molar-refractivity contribution in [1.82, 2.24) is 5.32 Å². The molecule has 4 saturated carbocycles. The van der Waals surface area contributed by atoms with Gasteiger partial charge in [-0.25, -0.2) is 0 Å². The largest absolute Gasteiger partial charge is 0.317 e. The predicted molar refractivity (Wildman–Crippen MR) is 68.4 cm³/mol. The number of hydrogen-bond donors (Lipinski definition) is 1. The van der Waals surface area contributed by atoms with Crippen LogP contribution in [0.2, 0.25) is 0 Å². The van der Waals surface area contributed by atoms with Crippen LogP contribution in [0.15, 0.2) is 0 Å². The lowest BCUT2D eigenvalue weighted by atomic mass is 9.42. The minimum Gasteiger partial charge on any atom is -0.317 e. The molecule has 0 spiro atoms. The van der Waals surface area contributed by atoms with Crippen LogP contribution in [0.4, 0.5) is 0 Å². The lowest BCUT2D eigenvalue weighted by molar-refractivity contribution is -0.124. The summed E-state index contributed by atoms with van der Waals surface area (Å²) >= 11 is 0. The third-order valence-corrected chi connectivity index (χ3v) is 6.33. The average Bonchev–Trinajstić information content (AvgIpc) is 2.26. The quantitative estimate of drug-likeness (QED) is 0.768. The maximum atomic E-state index is 3.56. The summed E-state index contributed by atoms with van der Waals surface area (Å²) in [7, 11) is 2.15. The fourth-order valence-electron chi connectivity index (χ4n) is 5.75. The van der Waals surface area contributed by atoms with Crippen LogP contribution < -0.4 is 5.32 Å². The maximum Gasteiger partial charge on any atom is 0.00925 e. The SMILES string of the molecule is CCC12CC3CC(C1)CC(C(C)NC)(C3)C2. The van der Waals surface area contributed by atoms with Crippen molar-refractivity contribution >= 4 is 0 Å². The van der Waals surface area contributed by atoms with Gasteiger partial charge in [0.05, 0.1) is 0 Å². The predicted octanol–water partition coefficient (Wildman–Crippen LogP) is 3.59. The summed E-state index contributed by atoms with van der Waals surface area (Å²) in [4.78, 5) is 0. The standard InChI is InChI=1S/C15H27N/c1-4-14-6-12-5-13(7-14)9-15(8-12,10-14)11(2)16-3/h11-13,16H,4-10H2,1-3H3. The van der Waals surface area contributed by atoms with E-state index in [-0.39, 0.29) is 0 Å². The van der Waals surface area contributed by atoms with Crippen LogP contribution >= 0.6 is 0 Å². The van der Waals surface area contributed by atoms with Gasteiger partial charge in [0.25, 0.3) is 0 Å². The average molecular weight is 221 g/mol. The van der Waals surface area contributed by atoms with Crippen LogP contribution in [0.5, 0.6) is 0 Å². The Bertz CT molecular complexity index is 269. The first-order chi connectivity index (χ1) is 7.61. The molecule has 4 aliphatic rings. The Balaban J connectivity index is 1.92. The second-order valence-corrected chi connectivity index (χ2v) is 7.19. The van der Waals surface area contributed by atoms with Gasteiger partial charge in [0.2, 0.25) is 0 Å². The van der Waals surface area contributed by atoms with E-state index >= 15 is 0 Å². The van der Waals surface area contributed by atoms with Crippen molar-refractivity contribution in [2.75, 3.05) is 7.05 Å². The molecule has 0 aromatic carbocycles. The van der Waals surface area contributed by atoms with Gasteiger partial charge in [0, 0.05) is 6.04 Å². The molecule has 0 saturated heterocycles. The first-order valence-corrected chi connectivity index (χ1v) is 7.29. The molecular weight excluding hydrogens is 194 g/mol. The molecule has 3 atom stereocenters. The molecule has 4 aliphatic carbocycles. The summed E-state index contributed by atoms with van der Waals surface area (Å²) in [6, 6.07) is 0.726. The van der Waals surface area contributed by atoms with Crippen LogP contribution in [-0.4, -0.2) is 13.1 Å². The van der Waals surface area contributed by atoms with Crippen LogP contribution in [0, 0.1) is 22.7 Å². The topological polar surface area (TPSA) is 12.0 Å². The molecule has 0 aliphatic heterocycles. The van der Waals surface area contributed by atoms with Crippen molar-refractivity contribution in [3.05, 3.63) is 0 Å². The van der Waals surface area contributed by atoms with Crippen molar-refractivity contribution in [2.45, 2.75) is 64.8 Å². The second kappa shape index (κ2) is 3.48. The van der Waals surface area contributed by atoms with Gasteiger partial charge in [-0.3, -0.25) is 0 Å². The fraction of sp³-hybridized carbons (Fsp3) is 1.00. The Hall–Kier alpha value is -0.0400. The van der Waals surface area contributed by atoms with E-state index in [4.69, 9.17) is 0 Å². The Morgan fingerprint density at radius 1 is 1.19 bits per heavy atom. The van der Waals surface area contributed by atoms with Gasteiger partial charge < -0.3 is 5.32 Å². The third kappa shape index (κ3) is 1.40. The van der Waals surface area contributed by atoms with E-state index in [1.807, 2.05) is 0 Å². The highest BCUT2D eigenvalue weighted by molar-refractivity contribution is 5.09. The number of nitrogens with one attached hydrogen (secondary N) is 1. The molecule has 0 aromatic heterocycles. The molecule has 1 nitrogen and oxygen atoms in total. The second-order valence-electron chi connectivity index (χ2n) is 7.19. The Morgan fingerprint density at radius 3 is 2.31 bits per heavy atom. The van der Waals surface area contributed by atoms with E-state index < -0.39 is 0 Å². The molecule has 92 valence electrons. The summed E-state index contributed by atoms with van der Waals surface area (Å²) in [5, 5.41) is 3.56. The van der Waals surface area contributed by atoms with Gasteiger partial charge in [-0.1, -0.05) is 13.3 Å². The Morgan fingerprint density at radius 2 is 1.81 bits per heavy atom. The van der Waals surface area contributed by atoms with Crippen molar-refractivity contribution in [2.24, 2.45) is 22.7 Å². The molecule has 4 bridgehead atoms. The van der Waals surface area contributed by atoms with Crippen LogP contribution in [0.1, 0.15) is 58.8 Å². The molecule has 0 heterocycles. The van der Waals surface area contributed by atoms with Gasteiger partial charge in [0.15, 0.2) is 0 Å². The van der Waals surface area contributed by atoms with Crippen molar-refractivity contribution in [3.8, 4) is 0 Å². The zero-order valence-corrected chi connectivity index (χ0v) is 11.2. The molecular formula is C15H27N. The normalized spacial score (nSPS) is 51.9. The van der Waals surface area contributed by atoms with Crippen molar-refractivity contribution in [1.29, 1.82) is 0 Å². The Labute approximate surface area is 100 Å². The van der Waals surface area contributed by atoms with E-state index in [1.54, 1.807) is 19.3 Å². The maximum absolute atomic E-state index is 3.56. The van der Waals surface area contributed by atoms with Gasteiger partial charge in [-0.05, 0) is 75.2 Å². The van der Waals surface area contributed by atoms with E-state index in [9.17, 15) is 0 Å². The van der Waals surface area contributed by atoms with Gasteiger partial charge in [-0.15, -0.1) is 0 Å². The molecule has 0 amide bonds. The monoisotopic (exact) mass is 221 g/mol. The summed E-state index contributed by atoms with van der Waals surface area (Å²) < 4.78 is 0. The minimum absolute atomic E-state index is 0.662. The van der Waals surface area contributed by atoms with E-state index in [1.165, 1.54) is 25.7 Å². The van der Waals surface area contributed by atoms with E-state index in [2.05, 4.69) is 26.2 Å². The molecule has 3 unspecified atom stereocenters. The molecule has 16 heavy (non-hydrogen) atoms. The van der Waals surface area contributed by atoms with Crippen molar-refractivity contribution < 1.29 is 0 Å². The molecule has 4 fully saturated rings. The third-order valence-electron chi connectivity index (χ3n) is 6.33. The molecule has 1 N–H and O–H groups in total. The highest BCUT2D eigenvalue weighted by atomic mass is 14.9. The van der Waals surface area contributed by atoms with Crippen LogP contribution in [0.3, 0.4) is 0 Å². The first-order valence-electron chi connectivity index (χ1n) is 7.29. The Kier molecular flexibility index (Phi) is 2.41. The summed E-state index contributed by atoms with van der Waals surface area (Å²) in [6.45, 7) is 4.86. The highest BCUT2D eigenvalue weighted by Crippen LogP contribution is 2.67. The molecule has 0 aromatic rings. The van der Waals surface area contributed by atoms with Gasteiger partial charge in [-0.2, -0.15) is 0 Å². The number of hydrogen-bond acceptors (Lipinski definition) is 1. The van der Waals surface area contributed by atoms with Gasteiger partial charge >= 0.3 is 0 Å². The van der Waals surface area contributed by atoms with Crippen molar-refractivity contribution in [3.63, 3.8) is 0 Å². The number of rotatable bonds is 3. The first kappa shape index (κ1) is 11.1. The summed E-state index contributed by atoms with van der Waals surface area (Å²) in [5.41, 5.74) is 1.41. The zero-order valence-electron chi connectivity index (χ0n) is 11.2. The summed E-state index contributed by atoms with van der Waals surface area (Å²) in [6.07, 6.45) is 10.7. The molecule has 0 radical (unpaired) electrons. The smallest absolute Gasteiger partial charge is 0.00925 e. The fourth-order valence-corrected chi connectivity index (χ4v) is 5.75. The van der Waals surface area contributed by atoms with Crippen LogP contribution in [0.25, 0.3) is 0 Å². The molecule has 1 heteroatoms. The van der Waals surface area contributed by atoms with Gasteiger partial charge in [0.1, 0.15) is 0 Å². The minimum atomic E-state index is 0.662.